The fourth-order valence-electron chi connectivity index (χ4n) is 2.97. The highest BCUT2D eigenvalue weighted by Crippen LogP contribution is 2.34. The molecule has 1 fully saturated rings. The van der Waals surface area contributed by atoms with Crippen molar-refractivity contribution in [2.75, 3.05) is 24.6 Å². The molecule has 1 N–H and O–H groups in total. The van der Waals surface area contributed by atoms with Crippen molar-refractivity contribution in [1.29, 1.82) is 0 Å². The fourth-order valence-corrected chi connectivity index (χ4v) is 4.97. The molecule has 2 amide bonds. The molecule has 7 heteroatoms. The van der Waals surface area contributed by atoms with E-state index in [0.29, 0.717) is 18.8 Å². The van der Waals surface area contributed by atoms with Gasteiger partial charge in [-0.15, -0.1) is 11.3 Å². The zero-order valence-electron chi connectivity index (χ0n) is 11.8. The topological polar surface area (TPSA) is 60.9 Å². The quantitative estimate of drug-likeness (QED) is 0.860. The van der Waals surface area contributed by atoms with Crippen LogP contribution in [0.3, 0.4) is 0 Å². The molecule has 1 saturated heterocycles. The molecule has 0 bridgehead atoms. The molecule has 0 spiro atoms. The van der Waals surface area contributed by atoms with Gasteiger partial charge in [-0.25, -0.2) is 9.59 Å². The lowest BCUT2D eigenvalue weighted by molar-refractivity contribution is -0.141. The highest BCUT2D eigenvalue weighted by Gasteiger charge is 2.37. The highest BCUT2D eigenvalue weighted by molar-refractivity contribution is 7.99. The van der Waals surface area contributed by atoms with Gasteiger partial charge in [0.15, 0.2) is 0 Å². The van der Waals surface area contributed by atoms with Crippen LogP contribution in [0.25, 0.3) is 0 Å². The Morgan fingerprint density at radius 1 is 1.33 bits per heavy atom. The summed E-state index contributed by atoms with van der Waals surface area (Å²) in [5.74, 6) is 0.380. The van der Waals surface area contributed by atoms with Crippen LogP contribution in [-0.2, 0) is 11.2 Å². The first-order valence-corrected chi connectivity index (χ1v) is 9.07. The Morgan fingerprint density at radius 2 is 2.14 bits per heavy atom. The molecule has 5 nitrogen and oxygen atoms in total. The molecule has 1 aromatic rings. The average Bonchev–Trinajstić information content (AvgIpc) is 2.96. The van der Waals surface area contributed by atoms with Crippen LogP contribution in [-0.4, -0.2) is 57.5 Å². The van der Waals surface area contributed by atoms with Gasteiger partial charge in [-0.2, -0.15) is 11.8 Å². The lowest BCUT2D eigenvalue weighted by Gasteiger charge is -2.40. The Balaban J connectivity index is 1.80. The summed E-state index contributed by atoms with van der Waals surface area (Å²) < 4.78 is 0. The number of carbonyl (C=O) groups excluding carboxylic acids is 1. The largest absolute Gasteiger partial charge is 0.480 e. The molecule has 0 aromatic carbocycles. The average molecular weight is 326 g/mol. The van der Waals surface area contributed by atoms with Crippen LogP contribution in [0.2, 0.25) is 0 Å². The van der Waals surface area contributed by atoms with Crippen molar-refractivity contribution in [1.82, 2.24) is 9.80 Å². The van der Waals surface area contributed by atoms with Crippen LogP contribution < -0.4 is 0 Å². The number of hydrogen-bond acceptors (Lipinski definition) is 4. The van der Waals surface area contributed by atoms with Crippen molar-refractivity contribution in [2.45, 2.75) is 25.4 Å². The van der Waals surface area contributed by atoms with Gasteiger partial charge in [0.1, 0.15) is 6.04 Å². The van der Waals surface area contributed by atoms with Gasteiger partial charge in [-0.3, -0.25) is 0 Å². The minimum absolute atomic E-state index is 0.0246. The number of hydrogen-bond donors (Lipinski definition) is 1. The first kappa shape index (κ1) is 14.7. The number of thiophene rings is 1. The monoisotopic (exact) mass is 326 g/mol. The third-order valence-electron chi connectivity index (χ3n) is 4.18. The number of rotatable bonds is 1. The molecule has 2 unspecified atom stereocenters. The molecule has 1 aromatic heterocycles. The lowest BCUT2D eigenvalue weighted by atomic mass is 10.0. The van der Waals surface area contributed by atoms with Crippen LogP contribution in [0, 0.1) is 0 Å². The summed E-state index contributed by atoms with van der Waals surface area (Å²) in [5.41, 5.74) is 1.21. The van der Waals surface area contributed by atoms with Gasteiger partial charge >= 0.3 is 12.0 Å². The van der Waals surface area contributed by atoms with Crippen molar-refractivity contribution in [3.63, 3.8) is 0 Å². The standard InChI is InChI=1S/C14H18N2O3S2/c1-9-10-3-6-21-12(10)2-4-15(9)14(19)16-5-7-20-8-11(16)13(17)18/h3,6,9,11H,2,4-5,7-8H2,1H3,(H,17,18). The van der Waals surface area contributed by atoms with Crippen LogP contribution in [0.15, 0.2) is 11.4 Å². The van der Waals surface area contributed by atoms with Crippen molar-refractivity contribution in [3.05, 3.63) is 21.9 Å². The van der Waals surface area contributed by atoms with Gasteiger partial charge in [0.2, 0.25) is 0 Å². The predicted molar refractivity (Wildman–Crippen MR) is 84.0 cm³/mol. The van der Waals surface area contributed by atoms with E-state index in [-0.39, 0.29) is 12.1 Å². The molecule has 2 aliphatic heterocycles. The van der Waals surface area contributed by atoms with E-state index in [1.54, 1.807) is 23.1 Å². The Hall–Kier alpha value is -1.21. The van der Waals surface area contributed by atoms with Gasteiger partial charge < -0.3 is 14.9 Å². The molecule has 114 valence electrons. The first-order chi connectivity index (χ1) is 10.1. The Morgan fingerprint density at radius 3 is 2.90 bits per heavy atom. The predicted octanol–water partition coefficient (Wildman–Crippen LogP) is 2.29. The molecule has 21 heavy (non-hydrogen) atoms. The summed E-state index contributed by atoms with van der Waals surface area (Å²) in [6.45, 7) is 3.21. The van der Waals surface area contributed by atoms with E-state index in [2.05, 4.69) is 11.4 Å². The second-order valence-corrected chi connectivity index (χ2v) is 7.47. The maximum absolute atomic E-state index is 12.8. The number of amides is 2. The van der Waals surface area contributed by atoms with E-state index in [1.165, 1.54) is 15.3 Å². The van der Waals surface area contributed by atoms with E-state index < -0.39 is 12.0 Å². The molecule has 2 atom stereocenters. The first-order valence-electron chi connectivity index (χ1n) is 7.03. The molecule has 2 aliphatic rings. The van der Waals surface area contributed by atoms with E-state index in [9.17, 15) is 14.7 Å². The van der Waals surface area contributed by atoms with Crippen LogP contribution >= 0.6 is 23.1 Å². The summed E-state index contributed by atoms with van der Waals surface area (Å²) in [6.07, 6.45) is 0.864. The zero-order valence-corrected chi connectivity index (χ0v) is 13.5. The lowest BCUT2D eigenvalue weighted by Crippen LogP contribution is -2.56. The molecule has 0 aliphatic carbocycles. The number of carboxylic acids is 1. The van der Waals surface area contributed by atoms with Gasteiger partial charge in [0, 0.05) is 29.5 Å². The van der Waals surface area contributed by atoms with E-state index in [0.717, 1.165) is 12.2 Å². The van der Waals surface area contributed by atoms with Crippen LogP contribution in [0.1, 0.15) is 23.4 Å². The minimum Gasteiger partial charge on any atom is -0.480 e. The summed E-state index contributed by atoms with van der Waals surface area (Å²) in [5, 5.41) is 11.4. The fraction of sp³-hybridized carbons (Fsp3) is 0.571. The second kappa shape index (κ2) is 5.88. The smallest absolute Gasteiger partial charge is 0.327 e. The SMILES string of the molecule is CC1c2ccsc2CCN1C(=O)N1CCSCC1C(=O)O. The molecule has 3 rings (SSSR count). The second-order valence-electron chi connectivity index (χ2n) is 5.32. The van der Waals surface area contributed by atoms with E-state index >= 15 is 0 Å². The number of urea groups is 1. The molecular formula is C14H18N2O3S2. The van der Waals surface area contributed by atoms with Crippen LogP contribution in [0.5, 0.6) is 0 Å². The van der Waals surface area contributed by atoms with Crippen molar-refractivity contribution < 1.29 is 14.7 Å². The number of carbonyl (C=O) groups is 2. The highest BCUT2D eigenvalue weighted by atomic mass is 32.2. The third kappa shape index (κ3) is 2.64. The molecule has 0 saturated carbocycles. The van der Waals surface area contributed by atoms with Gasteiger partial charge in [-0.05, 0) is 30.4 Å². The van der Waals surface area contributed by atoms with Crippen molar-refractivity contribution in [3.8, 4) is 0 Å². The third-order valence-corrected chi connectivity index (χ3v) is 6.20. The number of fused-ring (bicyclic) bond motifs is 1. The Kier molecular flexibility index (Phi) is 4.12. The number of nitrogens with zero attached hydrogens (tertiary/aromatic N) is 2. The molecule has 3 heterocycles. The summed E-state index contributed by atoms with van der Waals surface area (Å²) in [4.78, 5) is 28.9. The van der Waals surface area contributed by atoms with Gasteiger partial charge in [0.05, 0.1) is 6.04 Å². The van der Waals surface area contributed by atoms with Gasteiger partial charge in [-0.1, -0.05) is 0 Å². The Bertz CT molecular complexity index is 560. The summed E-state index contributed by atoms with van der Waals surface area (Å²) >= 11 is 3.33. The summed E-state index contributed by atoms with van der Waals surface area (Å²) in [7, 11) is 0. The van der Waals surface area contributed by atoms with E-state index in [1.807, 2.05) is 11.8 Å². The normalized spacial score (nSPS) is 25.6. The minimum atomic E-state index is -0.906. The number of carboxylic acid groups (broad SMARTS) is 1. The number of aliphatic carboxylic acids is 1. The Labute approximate surface area is 131 Å². The summed E-state index contributed by atoms with van der Waals surface area (Å²) in [6, 6.07) is 1.26. The number of thioether (sulfide) groups is 1. The van der Waals surface area contributed by atoms with Crippen LogP contribution in [0.4, 0.5) is 4.79 Å². The van der Waals surface area contributed by atoms with E-state index in [4.69, 9.17) is 0 Å². The maximum Gasteiger partial charge on any atom is 0.327 e. The van der Waals surface area contributed by atoms with Crippen molar-refractivity contribution in [2.24, 2.45) is 0 Å². The van der Waals surface area contributed by atoms with Crippen molar-refractivity contribution >= 4 is 35.1 Å². The van der Waals surface area contributed by atoms with Gasteiger partial charge in [0.25, 0.3) is 0 Å². The molecular weight excluding hydrogens is 308 g/mol. The zero-order chi connectivity index (χ0) is 15.0. The molecule has 0 radical (unpaired) electrons. The maximum atomic E-state index is 12.8.